The third-order valence-corrected chi connectivity index (χ3v) is 2.94. The van der Waals surface area contributed by atoms with Gasteiger partial charge in [0.25, 0.3) is 0 Å². The second-order valence-corrected chi connectivity index (χ2v) is 4.76. The van der Waals surface area contributed by atoms with Crippen LogP contribution in [0.2, 0.25) is 0 Å². The molecule has 1 amide bonds. The first-order chi connectivity index (χ1) is 10.1. The zero-order chi connectivity index (χ0) is 15.2. The zero-order valence-electron chi connectivity index (χ0n) is 12.5. The average Bonchev–Trinajstić information content (AvgIpc) is 2.44. The first-order valence-corrected chi connectivity index (χ1v) is 6.82. The van der Waals surface area contributed by atoms with Crippen molar-refractivity contribution >= 4 is 11.9 Å². The molecule has 0 aromatic carbocycles. The van der Waals surface area contributed by atoms with Gasteiger partial charge in [0.15, 0.2) is 0 Å². The number of amides is 1. The molecule has 110 valence electrons. The van der Waals surface area contributed by atoms with E-state index in [1.165, 1.54) is 6.92 Å². The van der Waals surface area contributed by atoms with Crippen molar-refractivity contribution in [2.24, 2.45) is 0 Å². The van der Waals surface area contributed by atoms with E-state index < -0.39 is 0 Å². The maximum absolute atomic E-state index is 10.8. The second kappa shape index (κ2) is 6.78. The van der Waals surface area contributed by atoms with Crippen LogP contribution >= 0.6 is 0 Å². The predicted octanol–water partition coefficient (Wildman–Crippen LogP) is 1.70. The van der Waals surface area contributed by atoms with Gasteiger partial charge in [-0.25, -0.2) is 9.97 Å². The molecule has 2 N–H and O–H groups in total. The summed E-state index contributed by atoms with van der Waals surface area (Å²) in [6.45, 7) is 6.53. The number of anilines is 1. The number of rotatable bonds is 5. The van der Waals surface area contributed by atoms with Gasteiger partial charge in [-0.1, -0.05) is 0 Å². The number of nitrogens with zero attached hydrogens (tertiary/aromatic N) is 3. The number of pyridine rings is 1. The van der Waals surface area contributed by atoms with Crippen LogP contribution in [0.4, 0.5) is 5.95 Å². The second-order valence-electron chi connectivity index (χ2n) is 4.76. The molecule has 0 saturated heterocycles. The lowest BCUT2D eigenvalue weighted by molar-refractivity contribution is -0.118. The van der Waals surface area contributed by atoms with E-state index >= 15 is 0 Å². The van der Waals surface area contributed by atoms with Crippen LogP contribution in [0.1, 0.15) is 18.3 Å². The first-order valence-electron chi connectivity index (χ1n) is 6.82. The van der Waals surface area contributed by atoms with Crippen molar-refractivity contribution in [2.75, 3.05) is 18.4 Å². The van der Waals surface area contributed by atoms with Gasteiger partial charge in [0.1, 0.15) is 0 Å². The van der Waals surface area contributed by atoms with Gasteiger partial charge in [0.2, 0.25) is 11.9 Å². The van der Waals surface area contributed by atoms with E-state index in [1.807, 2.05) is 32.0 Å². The molecular weight excluding hydrogens is 266 g/mol. The summed E-state index contributed by atoms with van der Waals surface area (Å²) in [6.07, 6.45) is 1.71. The van der Waals surface area contributed by atoms with Gasteiger partial charge < -0.3 is 10.6 Å². The highest BCUT2D eigenvalue weighted by Gasteiger charge is 2.06. The SMILES string of the molecule is CC(=O)NCCNc1nccc(-c2ccc(C)nc2C)n1. The monoisotopic (exact) mass is 285 g/mol. The highest BCUT2D eigenvalue weighted by molar-refractivity contribution is 5.72. The van der Waals surface area contributed by atoms with Crippen LogP contribution in [0.15, 0.2) is 24.4 Å². The van der Waals surface area contributed by atoms with E-state index in [0.717, 1.165) is 22.6 Å². The zero-order valence-corrected chi connectivity index (χ0v) is 12.5. The number of aryl methyl sites for hydroxylation is 2. The van der Waals surface area contributed by atoms with E-state index in [4.69, 9.17) is 0 Å². The van der Waals surface area contributed by atoms with Crippen molar-refractivity contribution in [2.45, 2.75) is 20.8 Å². The highest BCUT2D eigenvalue weighted by Crippen LogP contribution is 2.20. The third kappa shape index (κ3) is 4.24. The van der Waals surface area contributed by atoms with E-state index in [1.54, 1.807) is 6.20 Å². The minimum atomic E-state index is -0.0483. The fourth-order valence-electron chi connectivity index (χ4n) is 1.96. The molecule has 0 aliphatic carbocycles. The molecule has 21 heavy (non-hydrogen) atoms. The van der Waals surface area contributed by atoms with Crippen molar-refractivity contribution in [1.29, 1.82) is 0 Å². The molecule has 2 aromatic rings. The van der Waals surface area contributed by atoms with Crippen LogP contribution < -0.4 is 10.6 Å². The van der Waals surface area contributed by atoms with Crippen molar-refractivity contribution in [1.82, 2.24) is 20.3 Å². The number of carbonyl (C=O) groups is 1. The lowest BCUT2D eigenvalue weighted by Crippen LogP contribution is -2.26. The number of nitrogens with one attached hydrogen (secondary N) is 2. The molecule has 0 aliphatic heterocycles. The molecule has 0 radical (unpaired) electrons. The van der Waals surface area contributed by atoms with Gasteiger partial charge in [-0.15, -0.1) is 0 Å². The van der Waals surface area contributed by atoms with Crippen LogP contribution in [-0.4, -0.2) is 33.9 Å². The Hall–Kier alpha value is -2.50. The average molecular weight is 285 g/mol. The number of hydrogen-bond donors (Lipinski definition) is 2. The Morgan fingerprint density at radius 3 is 2.67 bits per heavy atom. The Kier molecular flexibility index (Phi) is 4.81. The Balaban J connectivity index is 2.08. The van der Waals surface area contributed by atoms with E-state index in [9.17, 15) is 4.79 Å². The number of aromatic nitrogens is 3. The fourth-order valence-corrected chi connectivity index (χ4v) is 1.96. The van der Waals surface area contributed by atoms with Gasteiger partial charge >= 0.3 is 0 Å². The summed E-state index contributed by atoms with van der Waals surface area (Å²) in [5.74, 6) is 0.491. The minimum absolute atomic E-state index is 0.0483. The largest absolute Gasteiger partial charge is 0.355 e. The minimum Gasteiger partial charge on any atom is -0.355 e. The Morgan fingerprint density at radius 1 is 1.14 bits per heavy atom. The molecule has 0 bridgehead atoms. The van der Waals surface area contributed by atoms with Crippen molar-refractivity contribution in [3.63, 3.8) is 0 Å². The molecule has 2 rings (SSSR count). The topological polar surface area (TPSA) is 79.8 Å². The number of hydrogen-bond acceptors (Lipinski definition) is 5. The van der Waals surface area contributed by atoms with Gasteiger partial charge in [-0.3, -0.25) is 9.78 Å². The van der Waals surface area contributed by atoms with Gasteiger partial charge in [-0.05, 0) is 32.0 Å². The predicted molar refractivity (Wildman–Crippen MR) is 81.9 cm³/mol. The quantitative estimate of drug-likeness (QED) is 0.817. The van der Waals surface area contributed by atoms with Crippen LogP contribution in [0, 0.1) is 13.8 Å². The summed E-state index contributed by atoms with van der Waals surface area (Å²) >= 11 is 0. The lowest BCUT2D eigenvalue weighted by atomic mass is 10.1. The normalized spacial score (nSPS) is 10.2. The van der Waals surface area contributed by atoms with Crippen molar-refractivity contribution in [3.8, 4) is 11.3 Å². The van der Waals surface area contributed by atoms with Crippen LogP contribution in [0.5, 0.6) is 0 Å². The molecule has 0 spiro atoms. The maximum atomic E-state index is 10.8. The fraction of sp³-hybridized carbons (Fsp3) is 0.333. The molecule has 6 nitrogen and oxygen atoms in total. The van der Waals surface area contributed by atoms with Crippen LogP contribution in [0.3, 0.4) is 0 Å². The summed E-state index contributed by atoms with van der Waals surface area (Å²) in [4.78, 5) is 23.9. The highest BCUT2D eigenvalue weighted by atomic mass is 16.1. The molecule has 0 fully saturated rings. The maximum Gasteiger partial charge on any atom is 0.223 e. The molecule has 0 aliphatic rings. The standard InChI is InChI=1S/C15H19N5O/c1-10-4-5-13(11(2)19-10)14-6-7-17-15(20-14)18-9-8-16-12(3)21/h4-7H,8-9H2,1-3H3,(H,16,21)(H,17,18,20). The summed E-state index contributed by atoms with van der Waals surface area (Å²) in [5.41, 5.74) is 3.75. The summed E-state index contributed by atoms with van der Waals surface area (Å²) in [6, 6.07) is 5.84. The molecule has 0 unspecified atom stereocenters. The van der Waals surface area contributed by atoms with Gasteiger partial charge in [0.05, 0.1) is 5.69 Å². The lowest BCUT2D eigenvalue weighted by Gasteiger charge is -2.08. The smallest absolute Gasteiger partial charge is 0.223 e. The van der Waals surface area contributed by atoms with Crippen molar-refractivity contribution < 1.29 is 4.79 Å². The molecular formula is C15H19N5O. The number of carbonyl (C=O) groups excluding carboxylic acids is 1. The van der Waals surface area contributed by atoms with E-state index in [0.29, 0.717) is 19.0 Å². The Labute approximate surface area is 124 Å². The molecule has 2 aromatic heterocycles. The van der Waals surface area contributed by atoms with Crippen LogP contribution in [-0.2, 0) is 4.79 Å². The van der Waals surface area contributed by atoms with Crippen LogP contribution in [0.25, 0.3) is 11.3 Å². The third-order valence-electron chi connectivity index (χ3n) is 2.94. The Bertz CT molecular complexity index is 642. The molecule has 2 heterocycles. The van der Waals surface area contributed by atoms with Gasteiger partial charge in [-0.2, -0.15) is 0 Å². The molecule has 0 atom stereocenters. The molecule has 0 saturated carbocycles. The van der Waals surface area contributed by atoms with Gasteiger partial charge in [0, 0.05) is 43.2 Å². The first kappa shape index (κ1) is 14.9. The van der Waals surface area contributed by atoms with E-state index in [2.05, 4.69) is 25.6 Å². The van der Waals surface area contributed by atoms with Crippen molar-refractivity contribution in [3.05, 3.63) is 35.8 Å². The Morgan fingerprint density at radius 2 is 1.95 bits per heavy atom. The molecule has 6 heteroatoms. The summed E-state index contributed by atoms with van der Waals surface area (Å²) in [5, 5.41) is 5.79. The summed E-state index contributed by atoms with van der Waals surface area (Å²) < 4.78 is 0. The van der Waals surface area contributed by atoms with E-state index in [-0.39, 0.29) is 5.91 Å². The summed E-state index contributed by atoms with van der Waals surface area (Å²) in [7, 11) is 0.